The highest BCUT2D eigenvalue weighted by Gasteiger charge is 2.13. The third-order valence-corrected chi connectivity index (χ3v) is 2.08. The van der Waals surface area contributed by atoms with Crippen LogP contribution in [0.25, 0.3) is 0 Å². The molecule has 2 aliphatic rings. The van der Waals surface area contributed by atoms with Gasteiger partial charge in [-0.15, -0.1) is 0 Å². The Morgan fingerprint density at radius 3 is 2.69 bits per heavy atom. The van der Waals surface area contributed by atoms with E-state index < -0.39 is 0 Å². The van der Waals surface area contributed by atoms with Crippen LogP contribution in [0.3, 0.4) is 0 Å². The molecular formula is C12H19N. The SMILES string of the molecule is CC1=CC2=CCN=C2CC1.CCC. The first kappa shape index (κ1) is 10.2. The van der Waals surface area contributed by atoms with Gasteiger partial charge in [-0.25, -0.2) is 0 Å². The summed E-state index contributed by atoms with van der Waals surface area (Å²) in [5, 5.41) is 0. The fourth-order valence-corrected chi connectivity index (χ4v) is 1.48. The van der Waals surface area contributed by atoms with Crippen LogP contribution in [0.1, 0.15) is 40.0 Å². The van der Waals surface area contributed by atoms with Crippen LogP contribution in [0.2, 0.25) is 0 Å². The molecule has 2 rings (SSSR count). The second kappa shape index (κ2) is 5.00. The van der Waals surface area contributed by atoms with Crippen molar-refractivity contribution in [2.75, 3.05) is 6.54 Å². The van der Waals surface area contributed by atoms with Gasteiger partial charge in [-0.3, -0.25) is 4.99 Å². The van der Waals surface area contributed by atoms with Gasteiger partial charge in [0.25, 0.3) is 0 Å². The van der Waals surface area contributed by atoms with E-state index in [9.17, 15) is 0 Å². The molecule has 1 heteroatoms. The first-order valence-corrected chi connectivity index (χ1v) is 5.19. The van der Waals surface area contributed by atoms with Crippen LogP contribution in [-0.2, 0) is 0 Å². The second-order valence-corrected chi connectivity index (χ2v) is 3.64. The van der Waals surface area contributed by atoms with Crippen LogP contribution in [0.15, 0.2) is 28.3 Å². The standard InChI is InChI=1S/C9H11N.C3H8/c1-7-2-3-9-8(6-7)4-5-10-9;1-3-2/h4,6H,2-3,5H2,1H3;3H2,1-2H3. The molecule has 0 bridgehead atoms. The summed E-state index contributed by atoms with van der Waals surface area (Å²) < 4.78 is 0. The van der Waals surface area contributed by atoms with E-state index in [-0.39, 0.29) is 0 Å². The molecule has 0 saturated heterocycles. The summed E-state index contributed by atoms with van der Waals surface area (Å²) in [5.41, 5.74) is 4.20. The predicted molar refractivity (Wildman–Crippen MR) is 59.3 cm³/mol. The summed E-state index contributed by atoms with van der Waals surface area (Å²) >= 11 is 0. The molecule has 13 heavy (non-hydrogen) atoms. The van der Waals surface area contributed by atoms with Crippen LogP contribution in [0.5, 0.6) is 0 Å². The maximum absolute atomic E-state index is 4.37. The molecule has 1 heterocycles. The molecule has 0 saturated carbocycles. The zero-order chi connectivity index (χ0) is 9.68. The highest BCUT2D eigenvalue weighted by molar-refractivity contribution is 6.05. The van der Waals surface area contributed by atoms with Crippen LogP contribution in [-0.4, -0.2) is 12.3 Å². The summed E-state index contributed by atoms with van der Waals surface area (Å²) in [6, 6.07) is 0. The van der Waals surface area contributed by atoms with Gasteiger partial charge >= 0.3 is 0 Å². The van der Waals surface area contributed by atoms with Crippen molar-refractivity contribution >= 4 is 5.71 Å². The van der Waals surface area contributed by atoms with Gasteiger partial charge in [-0.05, 0) is 25.3 Å². The summed E-state index contributed by atoms with van der Waals surface area (Å²) in [6.07, 6.45) is 8.08. The number of hydrogen-bond acceptors (Lipinski definition) is 1. The molecule has 1 nitrogen and oxygen atoms in total. The van der Waals surface area contributed by atoms with Crippen molar-refractivity contribution in [1.29, 1.82) is 0 Å². The second-order valence-electron chi connectivity index (χ2n) is 3.64. The molecule has 0 N–H and O–H groups in total. The minimum Gasteiger partial charge on any atom is -0.285 e. The lowest BCUT2D eigenvalue weighted by Gasteiger charge is -2.10. The Balaban J connectivity index is 0.000000251. The van der Waals surface area contributed by atoms with E-state index in [1.54, 1.807) is 0 Å². The van der Waals surface area contributed by atoms with Crippen LogP contribution >= 0.6 is 0 Å². The van der Waals surface area contributed by atoms with Crippen molar-refractivity contribution in [2.45, 2.75) is 40.0 Å². The quantitative estimate of drug-likeness (QED) is 0.537. The average Bonchev–Trinajstić information content (AvgIpc) is 2.52. The predicted octanol–water partition coefficient (Wildman–Crippen LogP) is 3.52. The van der Waals surface area contributed by atoms with Gasteiger partial charge in [0.05, 0.1) is 6.54 Å². The van der Waals surface area contributed by atoms with E-state index in [0.29, 0.717) is 0 Å². The maximum atomic E-state index is 4.37. The summed E-state index contributed by atoms with van der Waals surface area (Å²) in [4.78, 5) is 4.37. The van der Waals surface area contributed by atoms with Crippen molar-refractivity contribution in [3.63, 3.8) is 0 Å². The highest BCUT2D eigenvalue weighted by atomic mass is 14.8. The minimum absolute atomic E-state index is 0.911. The van der Waals surface area contributed by atoms with Gasteiger partial charge in [0.2, 0.25) is 0 Å². The highest BCUT2D eigenvalue weighted by Crippen LogP contribution is 2.22. The average molecular weight is 177 g/mol. The zero-order valence-corrected chi connectivity index (χ0v) is 8.93. The first-order valence-electron chi connectivity index (χ1n) is 5.19. The Hall–Kier alpha value is -0.850. The van der Waals surface area contributed by atoms with Gasteiger partial charge in [0, 0.05) is 5.71 Å². The van der Waals surface area contributed by atoms with Gasteiger partial charge in [0.15, 0.2) is 0 Å². The van der Waals surface area contributed by atoms with Gasteiger partial charge < -0.3 is 0 Å². The van der Waals surface area contributed by atoms with Crippen molar-refractivity contribution < 1.29 is 0 Å². The molecule has 1 aliphatic carbocycles. The van der Waals surface area contributed by atoms with Crippen molar-refractivity contribution in [2.24, 2.45) is 4.99 Å². The van der Waals surface area contributed by atoms with Crippen molar-refractivity contribution in [1.82, 2.24) is 0 Å². The molecule has 0 amide bonds. The molecule has 72 valence electrons. The number of allylic oxidation sites excluding steroid dienone is 3. The van der Waals surface area contributed by atoms with E-state index in [2.05, 4.69) is 37.9 Å². The normalized spacial score (nSPS) is 19.2. The lowest BCUT2D eigenvalue weighted by molar-refractivity contribution is 0.990. The monoisotopic (exact) mass is 177 g/mol. The Bertz CT molecular complexity index is 256. The summed E-state index contributed by atoms with van der Waals surface area (Å²) in [6.45, 7) is 7.35. The van der Waals surface area contributed by atoms with E-state index in [0.717, 1.165) is 13.0 Å². The molecule has 0 aromatic heterocycles. The lowest BCUT2D eigenvalue weighted by atomic mass is 9.95. The van der Waals surface area contributed by atoms with Crippen molar-refractivity contribution in [3.8, 4) is 0 Å². The van der Waals surface area contributed by atoms with E-state index in [1.165, 1.54) is 29.7 Å². The van der Waals surface area contributed by atoms with Gasteiger partial charge in [0.1, 0.15) is 0 Å². The van der Waals surface area contributed by atoms with Gasteiger partial charge in [-0.1, -0.05) is 38.0 Å². The Kier molecular flexibility index (Phi) is 3.94. The molecule has 0 aromatic carbocycles. The Labute approximate surface area is 81.3 Å². The molecule has 1 aliphatic heterocycles. The topological polar surface area (TPSA) is 12.4 Å². The smallest absolute Gasteiger partial charge is 0.0583 e. The molecule has 0 unspecified atom stereocenters. The van der Waals surface area contributed by atoms with E-state index in [1.807, 2.05) is 0 Å². The van der Waals surface area contributed by atoms with Crippen LogP contribution in [0.4, 0.5) is 0 Å². The van der Waals surface area contributed by atoms with Gasteiger partial charge in [-0.2, -0.15) is 0 Å². The third kappa shape index (κ3) is 2.83. The maximum Gasteiger partial charge on any atom is 0.0583 e. The first-order chi connectivity index (χ1) is 6.27. The Morgan fingerprint density at radius 1 is 1.31 bits per heavy atom. The summed E-state index contributed by atoms with van der Waals surface area (Å²) in [5.74, 6) is 0. The minimum atomic E-state index is 0.911. The summed E-state index contributed by atoms with van der Waals surface area (Å²) in [7, 11) is 0. The van der Waals surface area contributed by atoms with Crippen LogP contribution in [0, 0.1) is 0 Å². The fraction of sp³-hybridized carbons (Fsp3) is 0.583. The fourth-order valence-electron chi connectivity index (χ4n) is 1.48. The molecule has 0 fully saturated rings. The Morgan fingerprint density at radius 2 is 2.00 bits per heavy atom. The number of aliphatic imine (C=N–C) groups is 1. The molecule has 0 radical (unpaired) electrons. The number of nitrogens with zero attached hydrogens (tertiary/aromatic N) is 1. The van der Waals surface area contributed by atoms with E-state index in [4.69, 9.17) is 0 Å². The number of rotatable bonds is 0. The number of hydrogen-bond donors (Lipinski definition) is 0. The zero-order valence-electron chi connectivity index (χ0n) is 8.93. The molecular weight excluding hydrogens is 158 g/mol. The third-order valence-electron chi connectivity index (χ3n) is 2.08. The largest absolute Gasteiger partial charge is 0.285 e. The molecule has 0 atom stereocenters. The molecule has 0 spiro atoms. The van der Waals surface area contributed by atoms with E-state index >= 15 is 0 Å². The molecule has 0 aromatic rings. The van der Waals surface area contributed by atoms with Crippen LogP contribution < -0.4 is 0 Å². The lowest BCUT2D eigenvalue weighted by Crippen LogP contribution is -2.03. The number of fused-ring (bicyclic) bond motifs is 1. The van der Waals surface area contributed by atoms with Crippen molar-refractivity contribution in [3.05, 3.63) is 23.3 Å².